The minimum absolute atomic E-state index is 0.193. The molecule has 3 rings (SSSR count). The van der Waals surface area contributed by atoms with Gasteiger partial charge in [0.2, 0.25) is 0 Å². The van der Waals surface area contributed by atoms with E-state index in [-0.39, 0.29) is 11.4 Å². The van der Waals surface area contributed by atoms with E-state index in [1.54, 1.807) is 49.1 Å². The number of benzene rings is 2. The van der Waals surface area contributed by atoms with Gasteiger partial charge in [-0.1, -0.05) is 41.4 Å². The molecule has 0 aromatic heterocycles. The Hall–Kier alpha value is -1.76. The first kappa shape index (κ1) is 19.0. The molecular weight excluding hydrogens is 395 g/mol. The van der Waals surface area contributed by atoms with E-state index in [1.165, 1.54) is 0 Å². The van der Waals surface area contributed by atoms with Crippen molar-refractivity contribution in [1.29, 1.82) is 0 Å². The molecule has 26 heavy (non-hydrogen) atoms. The van der Waals surface area contributed by atoms with E-state index in [0.717, 1.165) is 11.3 Å². The zero-order valence-corrected chi connectivity index (χ0v) is 16.6. The molecule has 1 fully saturated rings. The van der Waals surface area contributed by atoms with E-state index in [0.29, 0.717) is 33.8 Å². The predicted molar refractivity (Wildman–Crippen MR) is 107 cm³/mol. The second-order valence-electron chi connectivity index (χ2n) is 5.53. The van der Waals surface area contributed by atoms with Crippen molar-refractivity contribution in [3.63, 3.8) is 0 Å². The molecule has 1 heterocycles. The first-order valence-corrected chi connectivity index (χ1v) is 9.71. The molecule has 0 unspecified atom stereocenters. The van der Waals surface area contributed by atoms with E-state index in [4.69, 9.17) is 32.7 Å². The van der Waals surface area contributed by atoms with E-state index in [2.05, 4.69) is 5.32 Å². The lowest BCUT2D eigenvalue weighted by atomic mass is 10.1. The maximum atomic E-state index is 12.9. The number of hydrogen-bond donors (Lipinski definition) is 1. The molecule has 5 nitrogen and oxygen atoms in total. The smallest absolute Gasteiger partial charge is 0.323 e. The van der Waals surface area contributed by atoms with E-state index < -0.39 is 0 Å². The van der Waals surface area contributed by atoms with E-state index in [1.807, 2.05) is 18.2 Å². The van der Waals surface area contributed by atoms with Crippen LogP contribution in [0.1, 0.15) is 10.9 Å². The van der Waals surface area contributed by atoms with Gasteiger partial charge in [0.25, 0.3) is 0 Å². The quantitative estimate of drug-likeness (QED) is 0.740. The van der Waals surface area contributed by atoms with Crippen molar-refractivity contribution in [2.45, 2.75) is 5.37 Å². The van der Waals surface area contributed by atoms with Gasteiger partial charge in [0.15, 0.2) is 11.5 Å². The van der Waals surface area contributed by atoms with Gasteiger partial charge in [-0.2, -0.15) is 0 Å². The number of nitrogens with zero attached hydrogens (tertiary/aromatic N) is 1. The van der Waals surface area contributed by atoms with Crippen molar-refractivity contribution >= 4 is 46.7 Å². The second-order valence-corrected chi connectivity index (χ2v) is 7.53. The van der Waals surface area contributed by atoms with Crippen molar-refractivity contribution in [2.24, 2.45) is 0 Å². The van der Waals surface area contributed by atoms with Crippen LogP contribution >= 0.6 is 35.0 Å². The van der Waals surface area contributed by atoms with Crippen LogP contribution < -0.4 is 14.8 Å². The molecule has 138 valence electrons. The number of thioether (sulfide) groups is 1. The van der Waals surface area contributed by atoms with E-state index in [9.17, 15) is 4.79 Å². The molecule has 0 radical (unpaired) electrons. The van der Waals surface area contributed by atoms with Gasteiger partial charge in [-0.05, 0) is 18.2 Å². The molecule has 8 heteroatoms. The number of ether oxygens (including phenoxy) is 2. The SMILES string of the molecule is COc1cccc([C@H]2SCCN2C(=O)Nc2c(Cl)cccc2Cl)c1OC. The third-order valence-corrected chi connectivity index (χ3v) is 5.92. The minimum atomic E-state index is -0.264. The van der Waals surface area contributed by atoms with Crippen LogP contribution in [0.3, 0.4) is 0 Å². The largest absolute Gasteiger partial charge is 0.493 e. The summed E-state index contributed by atoms with van der Waals surface area (Å²) >= 11 is 14.0. The first-order valence-electron chi connectivity index (χ1n) is 7.91. The molecule has 1 N–H and O–H groups in total. The lowest BCUT2D eigenvalue weighted by Gasteiger charge is -2.26. The number of rotatable bonds is 4. The number of halogens is 2. The van der Waals surface area contributed by atoms with Crippen LogP contribution in [-0.4, -0.2) is 37.4 Å². The standard InChI is InChI=1S/C18H18Cl2N2O3S/c1-24-14-8-3-5-11(16(14)25-2)17-22(9-10-26-17)18(23)21-15-12(19)6-4-7-13(15)20/h3-8,17H,9-10H2,1-2H3,(H,21,23)/t17-/m1/s1. The molecule has 0 saturated carbocycles. The predicted octanol–water partition coefficient (Wildman–Crippen LogP) is 5.29. The average Bonchev–Trinajstić information content (AvgIpc) is 3.13. The van der Waals surface area contributed by atoms with Crippen molar-refractivity contribution < 1.29 is 14.3 Å². The number of carbonyl (C=O) groups excluding carboxylic acids is 1. The fourth-order valence-corrected chi connectivity index (χ4v) is 4.60. The summed E-state index contributed by atoms with van der Waals surface area (Å²) in [5.74, 6) is 2.07. The first-order chi connectivity index (χ1) is 12.6. The fourth-order valence-electron chi connectivity index (χ4n) is 2.84. The molecule has 2 aromatic carbocycles. The van der Waals surface area contributed by atoms with Gasteiger partial charge in [0.05, 0.1) is 30.0 Å². The van der Waals surface area contributed by atoms with Gasteiger partial charge < -0.3 is 19.7 Å². The molecule has 2 aromatic rings. The summed E-state index contributed by atoms with van der Waals surface area (Å²) in [5.41, 5.74) is 1.30. The normalized spacial score (nSPS) is 16.5. The zero-order valence-electron chi connectivity index (χ0n) is 14.3. The Bertz CT molecular complexity index is 799. The fraction of sp³-hybridized carbons (Fsp3) is 0.278. The molecule has 1 aliphatic rings. The van der Waals surface area contributed by atoms with Crippen LogP contribution in [-0.2, 0) is 0 Å². The Balaban J connectivity index is 1.88. The summed E-state index contributed by atoms with van der Waals surface area (Å²) in [4.78, 5) is 14.6. The van der Waals surface area contributed by atoms with Crippen molar-refractivity contribution in [1.82, 2.24) is 4.90 Å². The highest BCUT2D eigenvalue weighted by atomic mass is 35.5. The molecule has 0 bridgehead atoms. The summed E-state index contributed by atoms with van der Waals surface area (Å²) < 4.78 is 10.9. The zero-order chi connectivity index (χ0) is 18.7. The summed E-state index contributed by atoms with van der Waals surface area (Å²) in [6.07, 6.45) is 0. The number of methoxy groups -OCH3 is 2. The number of hydrogen-bond acceptors (Lipinski definition) is 4. The molecule has 0 aliphatic carbocycles. The molecule has 0 spiro atoms. The lowest BCUT2D eigenvalue weighted by Crippen LogP contribution is -2.34. The van der Waals surface area contributed by atoms with Crippen LogP contribution in [0.5, 0.6) is 11.5 Å². The van der Waals surface area contributed by atoms with Crippen LogP contribution in [0, 0.1) is 0 Å². The Labute approximate surface area is 166 Å². The highest BCUT2D eigenvalue weighted by molar-refractivity contribution is 7.99. The summed E-state index contributed by atoms with van der Waals surface area (Å²) in [6, 6.07) is 10.5. The topological polar surface area (TPSA) is 50.8 Å². The number of nitrogens with one attached hydrogen (secondary N) is 1. The maximum Gasteiger partial charge on any atom is 0.323 e. The summed E-state index contributed by atoms with van der Waals surface area (Å²) in [5, 5.41) is 3.42. The van der Waals surface area contributed by atoms with Gasteiger partial charge in [0.1, 0.15) is 5.37 Å². The van der Waals surface area contributed by atoms with Crippen LogP contribution in [0.2, 0.25) is 10.0 Å². The van der Waals surface area contributed by atoms with Gasteiger partial charge >= 0.3 is 6.03 Å². The van der Waals surface area contributed by atoms with Crippen LogP contribution in [0.4, 0.5) is 10.5 Å². The minimum Gasteiger partial charge on any atom is -0.493 e. The van der Waals surface area contributed by atoms with E-state index >= 15 is 0 Å². The van der Waals surface area contributed by atoms with Crippen molar-refractivity contribution in [2.75, 3.05) is 31.8 Å². The third-order valence-electron chi connectivity index (χ3n) is 4.05. The average molecular weight is 413 g/mol. The molecular formula is C18H18Cl2N2O3S. The summed E-state index contributed by atoms with van der Waals surface area (Å²) in [6.45, 7) is 0.601. The van der Waals surface area contributed by atoms with Crippen LogP contribution in [0.15, 0.2) is 36.4 Å². The number of carbonyl (C=O) groups is 1. The summed E-state index contributed by atoms with van der Waals surface area (Å²) in [7, 11) is 3.18. The van der Waals surface area contributed by atoms with Gasteiger partial charge in [-0.25, -0.2) is 4.79 Å². The molecule has 1 saturated heterocycles. The second kappa shape index (κ2) is 8.29. The van der Waals surface area contributed by atoms with Gasteiger partial charge in [-0.15, -0.1) is 11.8 Å². The third kappa shape index (κ3) is 3.68. The van der Waals surface area contributed by atoms with Gasteiger partial charge in [0, 0.05) is 17.9 Å². The van der Waals surface area contributed by atoms with Crippen LogP contribution in [0.25, 0.3) is 0 Å². The van der Waals surface area contributed by atoms with Gasteiger partial charge in [-0.3, -0.25) is 0 Å². The Morgan fingerprint density at radius 3 is 2.50 bits per heavy atom. The lowest BCUT2D eigenvalue weighted by molar-refractivity contribution is 0.213. The highest BCUT2D eigenvalue weighted by Crippen LogP contribution is 2.45. The number of amides is 2. The number of urea groups is 1. The highest BCUT2D eigenvalue weighted by Gasteiger charge is 2.34. The maximum absolute atomic E-state index is 12.9. The monoisotopic (exact) mass is 412 g/mol. The molecule has 1 atom stereocenters. The number of para-hydroxylation sites is 2. The van der Waals surface area contributed by atoms with Crippen molar-refractivity contribution in [3.8, 4) is 11.5 Å². The van der Waals surface area contributed by atoms with Crippen molar-refractivity contribution in [3.05, 3.63) is 52.0 Å². The number of anilines is 1. The Kier molecular flexibility index (Phi) is 6.06. The Morgan fingerprint density at radius 1 is 1.15 bits per heavy atom. The Morgan fingerprint density at radius 2 is 1.85 bits per heavy atom. The molecule has 1 aliphatic heterocycles. The molecule has 2 amide bonds.